The lowest BCUT2D eigenvalue weighted by Gasteiger charge is -2.05. The van der Waals surface area contributed by atoms with Gasteiger partial charge < -0.3 is 10.1 Å². The Morgan fingerprint density at radius 1 is 1.32 bits per heavy atom. The second-order valence-corrected chi connectivity index (χ2v) is 5.01. The molecular weight excluding hydrogens is 258 g/mol. The van der Waals surface area contributed by atoms with Crippen LogP contribution >= 0.6 is 11.3 Å². The minimum atomic E-state index is 0.530. The number of nitrogens with zero attached hydrogens (tertiary/aromatic N) is 2. The van der Waals surface area contributed by atoms with Gasteiger partial charge in [0.25, 0.3) is 0 Å². The Bertz CT molecular complexity index is 522. The van der Waals surface area contributed by atoms with Crippen LogP contribution in [0.4, 0.5) is 5.13 Å². The van der Waals surface area contributed by atoms with Crippen molar-refractivity contribution in [2.24, 2.45) is 0 Å². The van der Waals surface area contributed by atoms with Crippen molar-refractivity contribution >= 4 is 16.5 Å². The van der Waals surface area contributed by atoms with Gasteiger partial charge >= 0.3 is 0 Å². The summed E-state index contributed by atoms with van der Waals surface area (Å²) < 4.78 is 5.43. The highest BCUT2D eigenvalue weighted by molar-refractivity contribution is 7.15. The Morgan fingerprint density at radius 3 is 2.74 bits per heavy atom. The second kappa shape index (κ2) is 6.89. The third kappa shape index (κ3) is 4.06. The monoisotopic (exact) mass is 275 g/mol. The summed E-state index contributed by atoms with van der Waals surface area (Å²) >= 11 is 1.60. The molecule has 1 N–H and O–H groups in total. The molecule has 4 nitrogen and oxygen atoms in total. The highest BCUT2D eigenvalue weighted by Crippen LogP contribution is 2.17. The molecule has 0 atom stereocenters. The number of hydrogen-bond donors (Lipinski definition) is 1. The Hall–Kier alpha value is -1.88. The number of rotatable bonds is 7. The van der Waals surface area contributed by atoms with E-state index in [0.717, 1.165) is 28.9 Å². The van der Waals surface area contributed by atoms with E-state index < -0.39 is 0 Å². The van der Waals surface area contributed by atoms with Gasteiger partial charge in [0.1, 0.15) is 17.4 Å². The van der Waals surface area contributed by atoms with Gasteiger partial charge in [-0.25, -0.2) is 0 Å². The van der Waals surface area contributed by atoms with Crippen LogP contribution in [0.25, 0.3) is 0 Å². The molecular formula is C14H17N3OS. The van der Waals surface area contributed by atoms with Crippen LogP contribution in [0.5, 0.6) is 5.75 Å². The SMILES string of the molecule is C=CCOc1ccc(CNc2nnc(CC)s2)cc1. The van der Waals surface area contributed by atoms with Crippen LogP contribution in [0, 0.1) is 0 Å². The van der Waals surface area contributed by atoms with Crippen LogP contribution < -0.4 is 10.1 Å². The van der Waals surface area contributed by atoms with Gasteiger partial charge in [0.05, 0.1) is 0 Å². The van der Waals surface area contributed by atoms with Crippen molar-refractivity contribution in [2.45, 2.75) is 19.9 Å². The number of ether oxygens (including phenoxy) is 1. The summed E-state index contributed by atoms with van der Waals surface area (Å²) in [6, 6.07) is 7.98. The van der Waals surface area contributed by atoms with E-state index in [9.17, 15) is 0 Å². The topological polar surface area (TPSA) is 47.0 Å². The molecule has 0 aliphatic carbocycles. The van der Waals surface area contributed by atoms with Crippen LogP contribution in [0.3, 0.4) is 0 Å². The summed E-state index contributed by atoms with van der Waals surface area (Å²) in [5.74, 6) is 0.854. The van der Waals surface area contributed by atoms with Crippen molar-refractivity contribution in [3.63, 3.8) is 0 Å². The van der Waals surface area contributed by atoms with Crippen molar-refractivity contribution in [1.29, 1.82) is 0 Å². The fraction of sp³-hybridized carbons (Fsp3) is 0.286. The summed E-state index contributed by atoms with van der Waals surface area (Å²) in [4.78, 5) is 0. The van der Waals surface area contributed by atoms with E-state index in [4.69, 9.17) is 4.74 Å². The van der Waals surface area contributed by atoms with E-state index >= 15 is 0 Å². The van der Waals surface area contributed by atoms with E-state index in [1.54, 1.807) is 17.4 Å². The number of anilines is 1. The normalized spacial score (nSPS) is 10.2. The molecule has 0 amide bonds. The van der Waals surface area contributed by atoms with Crippen LogP contribution in [0.15, 0.2) is 36.9 Å². The van der Waals surface area contributed by atoms with Crippen LogP contribution in [0.1, 0.15) is 17.5 Å². The minimum absolute atomic E-state index is 0.530. The van der Waals surface area contributed by atoms with E-state index in [2.05, 4.69) is 29.0 Å². The molecule has 0 aliphatic rings. The first-order chi connectivity index (χ1) is 9.31. The zero-order valence-electron chi connectivity index (χ0n) is 10.9. The predicted molar refractivity (Wildman–Crippen MR) is 78.7 cm³/mol. The number of nitrogens with one attached hydrogen (secondary N) is 1. The smallest absolute Gasteiger partial charge is 0.205 e. The van der Waals surface area contributed by atoms with Crippen molar-refractivity contribution < 1.29 is 4.74 Å². The molecule has 0 radical (unpaired) electrons. The van der Waals surface area contributed by atoms with Gasteiger partial charge in [0.15, 0.2) is 0 Å². The molecule has 19 heavy (non-hydrogen) atoms. The quantitative estimate of drug-likeness (QED) is 0.788. The predicted octanol–water partition coefficient (Wildman–Crippen LogP) is 3.28. The lowest BCUT2D eigenvalue weighted by Crippen LogP contribution is -1.99. The standard InChI is InChI=1S/C14H17N3OS/c1-3-9-18-12-7-5-11(6-8-12)10-15-14-17-16-13(4-2)19-14/h3,5-8H,1,4,9-10H2,2H3,(H,15,17). The maximum atomic E-state index is 5.43. The summed E-state index contributed by atoms with van der Waals surface area (Å²) in [6.07, 6.45) is 2.66. The largest absolute Gasteiger partial charge is 0.490 e. The molecule has 0 aliphatic heterocycles. The summed E-state index contributed by atoms with van der Waals surface area (Å²) in [5, 5.41) is 13.3. The van der Waals surface area contributed by atoms with Gasteiger partial charge in [-0.05, 0) is 24.1 Å². The molecule has 0 bridgehead atoms. The first-order valence-electron chi connectivity index (χ1n) is 6.20. The van der Waals surface area contributed by atoms with Gasteiger partial charge in [-0.2, -0.15) is 0 Å². The van der Waals surface area contributed by atoms with E-state index in [1.807, 2.05) is 24.3 Å². The molecule has 0 fully saturated rings. The van der Waals surface area contributed by atoms with Crippen molar-refractivity contribution in [1.82, 2.24) is 10.2 Å². The first-order valence-corrected chi connectivity index (χ1v) is 7.02. The number of aryl methyl sites for hydroxylation is 1. The summed E-state index contributed by atoms with van der Waals surface area (Å²) in [6.45, 7) is 6.96. The third-order valence-electron chi connectivity index (χ3n) is 2.50. The van der Waals surface area contributed by atoms with E-state index in [1.165, 1.54) is 5.56 Å². The van der Waals surface area contributed by atoms with Crippen molar-refractivity contribution in [3.05, 3.63) is 47.5 Å². The molecule has 1 heterocycles. The molecule has 0 saturated carbocycles. The fourth-order valence-electron chi connectivity index (χ4n) is 1.50. The van der Waals surface area contributed by atoms with E-state index in [0.29, 0.717) is 6.61 Å². The van der Waals surface area contributed by atoms with E-state index in [-0.39, 0.29) is 0 Å². The Kier molecular flexibility index (Phi) is 4.92. The van der Waals surface area contributed by atoms with Crippen molar-refractivity contribution in [2.75, 3.05) is 11.9 Å². The first kappa shape index (κ1) is 13.5. The second-order valence-electron chi connectivity index (χ2n) is 3.95. The van der Waals surface area contributed by atoms with Gasteiger partial charge in [0.2, 0.25) is 5.13 Å². The Morgan fingerprint density at radius 2 is 2.11 bits per heavy atom. The maximum Gasteiger partial charge on any atom is 0.205 e. The highest BCUT2D eigenvalue weighted by Gasteiger charge is 2.01. The van der Waals surface area contributed by atoms with Crippen LogP contribution in [-0.2, 0) is 13.0 Å². The summed E-state index contributed by atoms with van der Waals surface area (Å²) in [5.41, 5.74) is 1.18. The lowest BCUT2D eigenvalue weighted by molar-refractivity contribution is 0.363. The number of hydrogen-bond acceptors (Lipinski definition) is 5. The van der Waals surface area contributed by atoms with Gasteiger partial charge in [-0.15, -0.1) is 10.2 Å². The Balaban J connectivity index is 1.87. The molecule has 0 spiro atoms. The molecule has 1 aromatic carbocycles. The molecule has 5 heteroatoms. The van der Waals surface area contributed by atoms with Crippen LogP contribution in [0.2, 0.25) is 0 Å². The molecule has 2 aromatic rings. The molecule has 2 rings (SSSR count). The molecule has 100 valence electrons. The van der Waals surface area contributed by atoms with Gasteiger partial charge in [-0.3, -0.25) is 0 Å². The zero-order valence-corrected chi connectivity index (χ0v) is 11.7. The average Bonchev–Trinajstić information content (AvgIpc) is 2.92. The summed E-state index contributed by atoms with van der Waals surface area (Å²) in [7, 11) is 0. The minimum Gasteiger partial charge on any atom is -0.490 e. The fourth-order valence-corrected chi connectivity index (χ4v) is 2.18. The highest BCUT2D eigenvalue weighted by atomic mass is 32.1. The molecule has 0 saturated heterocycles. The third-order valence-corrected chi connectivity index (χ3v) is 3.53. The number of aromatic nitrogens is 2. The van der Waals surface area contributed by atoms with Gasteiger partial charge in [-0.1, -0.05) is 43.0 Å². The maximum absolute atomic E-state index is 5.43. The zero-order chi connectivity index (χ0) is 13.5. The molecule has 1 aromatic heterocycles. The molecule has 0 unspecified atom stereocenters. The number of benzene rings is 1. The van der Waals surface area contributed by atoms with Gasteiger partial charge in [0, 0.05) is 6.54 Å². The average molecular weight is 275 g/mol. The van der Waals surface area contributed by atoms with Crippen LogP contribution in [-0.4, -0.2) is 16.8 Å². The van der Waals surface area contributed by atoms with Crippen molar-refractivity contribution in [3.8, 4) is 5.75 Å². The lowest BCUT2D eigenvalue weighted by atomic mass is 10.2. The Labute approximate surface area is 117 Å².